The number of carbonyl (C=O) groups excluding carboxylic acids is 1. The van der Waals surface area contributed by atoms with E-state index < -0.39 is 12.0 Å². The van der Waals surface area contributed by atoms with E-state index in [1.54, 1.807) is 6.07 Å². The first kappa shape index (κ1) is 15.7. The van der Waals surface area contributed by atoms with Gasteiger partial charge < -0.3 is 15.0 Å². The fraction of sp³-hybridized carbons (Fsp3) is 0.158. The highest BCUT2D eigenvalue weighted by Gasteiger charge is 2.39. The van der Waals surface area contributed by atoms with Crippen molar-refractivity contribution < 1.29 is 14.7 Å². The van der Waals surface area contributed by atoms with Crippen LogP contribution in [-0.2, 0) is 4.79 Å². The molecular weight excluding hydrogens is 340 g/mol. The molecule has 126 valence electrons. The molecule has 1 aromatic heterocycles. The molecule has 0 spiro atoms. The van der Waals surface area contributed by atoms with Crippen LogP contribution in [0.15, 0.2) is 48.5 Å². The molecule has 3 aromatic rings. The maximum absolute atomic E-state index is 13.0. The van der Waals surface area contributed by atoms with E-state index in [-0.39, 0.29) is 5.91 Å². The Morgan fingerprint density at radius 2 is 1.92 bits per heavy atom. The van der Waals surface area contributed by atoms with Crippen molar-refractivity contribution in [3.8, 4) is 11.1 Å². The summed E-state index contributed by atoms with van der Waals surface area (Å²) in [6.07, 6.45) is 0.480. The smallest absolute Gasteiger partial charge is 0.326 e. The van der Waals surface area contributed by atoms with Gasteiger partial charge in [0.05, 0.1) is 0 Å². The molecule has 0 radical (unpaired) electrons. The number of fused-ring (bicyclic) bond motifs is 1. The minimum Gasteiger partial charge on any atom is -0.480 e. The topological polar surface area (TPSA) is 73.4 Å². The molecule has 1 atom stereocenters. The third kappa shape index (κ3) is 2.57. The standard InChI is InChI=1S/C19H15ClN2O3/c20-12-6-7-14-13(10-12)16(11-4-2-1-3-5-11)17(21-14)18(23)22-9-8-15(22)19(24)25/h1-7,10,15,21H,8-9H2,(H,24,25)/t15-/m0/s1. The highest BCUT2D eigenvalue weighted by atomic mass is 35.5. The van der Waals surface area contributed by atoms with Crippen molar-refractivity contribution in [1.82, 2.24) is 9.88 Å². The molecule has 1 amide bonds. The van der Waals surface area contributed by atoms with Crippen molar-refractivity contribution in [3.63, 3.8) is 0 Å². The molecule has 5 nitrogen and oxygen atoms in total. The fourth-order valence-corrected chi connectivity index (χ4v) is 3.43. The van der Waals surface area contributed by atoms with Gasteiger partial charge in [0.1, 0.15) is 11.7 Å². The van der Waals surface area contributed by atoms with Gasteiger partial charge in [0.2, 0.25) is 0 Å². The number of carboxylic acid groups (broad SMARTS) is 1. The van der Waals surface area contributed by atoms with Crippen LogP contribution in [0.25, 0.3) is 22.0 Å². The van der Waals surface area contributed by atoms with E-state index in [9.17, 15) is 14.7 Å². The van der Waals surface area contributed by atoms with Gasteiger partial charge in [-0.3, -0.25) is 4.79 Å². The van der Waals surface area contributed by atoms with Gasteiger partial charge in [-0.25, -0.2) is 4.79 Å². The Kier molecular flexibility index (Phi) is 3.73. The van der Waals surface area contributed by atoms with Crippen LogP contribution in [0.2, 0.25) is 5.02 Å². The maximum atomic E-state index is 13.0. The molecule has 0 aliphatic carbocycles. The Hall–Kier alpha value is -2.79. The van der Waals surface area contributed by atoms with Crippen LogP contribution in [0.5, 0.6) is 0 Å². The molecular formula is C19H15ClN2O3. The Morgan fingerprint density at radius 1 is 1.16 bits per heavy atom. The van der Waals surface area contributed by atoms with Crippen LogP contribution < -0.4 is 0 Å². The molecule has 1 aliphatic rings. The molecule has 6 heteroatoms. The first-order valence-electron chi connectivity index (χ1n) is 7.96. The first-order valence-corrected chi connectivity index (χ1v) is 8.34. The molecule has 0 saturated carbocycles. The summed E-state index contributed by atoms with van der Waals surface area (Å²) in [7, 11) is 0. The van der Waals surface area contributed by atoms with Gasteiger partial charge >= 0.3 is 5.97 Å². The number of amides is 1. The molecule has 0 bridgehead atoms. The minimum absolute atomic E-state index is 0.301. The number of rotatable bonds is 3. The number of halogens is 1. The summed E-state index contributed by atoms with van der Waals surface area (Å²) >= 11 is 6.15. The molecule has 2 N–H and O–H groups in total. The molecule has 2 aromatic carbocycles. The van der Waals surface area contributed by atoms with Crippen molar-refractivity contribution >= 4 is 34.4 Å². The van der Waals surface area contributed by atoms with Crippen molar-refractivity contribution in [2.24, 2.45) is 0 Å². The van der Waals surface area contributed by atoms with E-state index in [1.165, 1.54) is 4.90 Å². The van der Waals surface area contributed by atoms with Crippen molar-refractivity contribution in [3.05, 3.63) is 59.2 Å². The van der Waals surface area contributed by atoms with Crippen LogP contribution in [0, 0.1) is 0 Å². The zero-order chi connectivity index (χ0) is 17.6. The number of aromatic nitrogens is 1. The number of nitrogens with one attached hydrogen (secondary N) is 1. The van der Waals surface area contributed by atoms with E-state index in [0.29, 0.717) is 23.7 Å². The zero-order valence-corrected chi connectivity index (χ0v) is 14.0. The summed E-state index contributed by atoms with van der Waals surface area (Å²) in [5.41, 5.74) is 2.82. The lowest BCUT2D eigenvalue weighted by atomic mass is 9.98. The largest absolute Gasteiger partial charge is 0.480 e. The number of carbonyl (C=O) groups is 2. The number of likely N-dealkylation sites (tertiary alicyclic amines) is 1. The van der Waals surface area contributed by atoms with Crippen LogP contribution >= 0.6 is 11.6 Å². The summed E-state index contributed by atoms with van der Waals surface area (Å²) in [6, 6.07) is 14.2. The van der Waals surface area contributed by atoms with Crippen LogP contribution in [0.3, 0.4) is 0 Å². The number of benzene rings is 2. The highest BCUT2D eigenvalue weighted by Crippen LogP contribution is 2.35. The van der Waals surface area contributed by atoms with Crippen molar-refractivity contribution in [2.75, 3.05) is 6.54 Å². The average molecular weight is 355 g/mol. The normalized spacial score (nSPS) is 16.7. The summed E-state index contributed by atoms with van der Waals surface area (Å²) in [5.74, 6) is -1.27. The fourth-order valence-electron chi connectivity index (χ4n) is 3.26. The summed E-state index contributed by atoms with van der Waals surface area (Å²) in [5, 5.41) is 10.7. The van der Waals surface area contributed by atoms with Gasteiger partial charge in [-0.15, -0.1) is 0 Å². The Labute approximate surface area is 148 Å². The quantitative estimate of drug-likeness (QED) is 0.751. The van der Waals surface area contributed by atoms with E-state index in [4.69, 9.17) is 11.6 Å². The average Bonchev–Trinajstić information content (AvgIpc) is 2.92. The number of aliphatic carboxylic acids is 1. The lowest BCUT2D eigenvalue weighted by Gasteiger charge is -2.37. The Bertz CT molecular complexity index is 981. The van der Waals surface area contributed by atoms with E-state index in [1.807, 2.05) is 42.5 Å². The SMILES string of the molecule is O=C(O)[C@@H]1CCN1C(=O)c1[nH]c2ccc(Cl)cc2c1-c1ccccc1. The molecule has 1 fully saturated rings. The lowest BCUT2D eigenvalue weighted by molar-refractivity contribution is -0.146. The van der Waals surface area contributed by atoms with Gasteiger partial charge in [-0.2, -0.15) is 0 Å². The highest BCUT2D eigenvalue weighted by molar-refractivity contribution is 6.31. The third-order valence-corrected chi connectivity index (χ3v) is 4.84. The van der Waals surface area contributed by atoms with Crippen LogP contribution in [0.1, 0.15) is 16.9 Å². The van der Waals surface area contributed by atoms with Gasteiger partial charge in [0.15, 0.2) is 0 Å². The van der Waals surface area contributed by atoms with Gasteiger partial charge in [0.25, 0.3) is 5.91 Å². The maximum Gasteiger partial charge on any atom is 0.326 e. The summed E-state index contributed by atoms with van der Waals surface area (Å²) in [6.45, 7) is 0.445. The lowest BCUT2D eigenvalue weighted by Crippen LogP contribution is -2.55. The predicted molar refractivity (Wildman–Crippen MR) is 95.8 cm³/mol. The first-order chi connectivity index (χ1) is 12.1. The second-order valence-corrected chi connectivity index (χ2v) is 6.51. The summed E-state index contributed by atoms with van der Waals surface area (Å²) < 4.78 is 0. The van der Waals surface area contributed by atoms with Crippen molar-refractivity contribution in [1.29, 1.82) is 0 Å². The molecule has 1 aliphatic heterocycles. The van der Waals surface area contributed by atoms with E-state index in [0.717, 1.165) is 22.0 Å². The Morgan fingerprint density at radius 3 is 2.56 bits per heavy atom. The van der Waals surface area contributed by atoms with Crippen LogP contribution in [-0.4, -0.2) is 39.5 Å². The minimum atomic E-state index is -0.972. The number of aromatic amines is 1. The predicted octanol–water partition coefficient (Wildman–Crippen LogP) is 3.79. The van der Waals surface area contributed by atoms with E-state index in [2.05, 4.69) is 4.98 Å². The van der Waals surface area contributed by atoms with Crippen molar-refractivity contribution in [2.45, 2.75) is 12.5 Å². The van der Waals surface area contributed by atoms with Gasteiger partial charge in [0, 0.05) is 28.0 Å². The Balaban J connectivity index is 1.89. The molecule has 4 rings (SSSR count). The van der Waals surface area contributed by atoms with E-state index >= 15 is 0 Å². The monoisotopic (exact) mass is 354 g/mol. The zero-order valence-electron chi connectivity index (χ0n) is 13.2. The molecule has 25 heavy (non-hydrogen) atoms. The van der Waals surface area contributed by atoms with Crippen LogP contribution in [0.4, 0.5) is 0 Å². The molecule has 2 heterocycles. The second-order valence-electron chi connectivity index (χ2n) is 6.07. The third-order valence-electron chi connectivity index (χ3n) is 4.60. The number of nitrogens with zero attached hydrogens (tertiary/aromatic N) is 1. The van der Waals surface area contributed by atoms with Gasteiger partial charge in [-0.05, 0) is 30.2 Å². The summed E-state index contributed by atoms with van der Waals surface area (Å²) in [4.78, 5) is 28.8. The number of H-pyrrole nitrogens is 1. The van der Waals surface area contributed by atoms with Gasteiger partial charge in [-0.1, -0.05) is 41.9 Å². The molecule has 0 unspecified atom stereocenters. The number of hydrogen-bond donors (Lipinski definition) is 2. The molecule has 1 saturated heterocycles. The second kappa shape index (κ2) is 5.93. The number of hydrogen-bond acceptors (Lipinski definition) is 2. The number of carboxylic acids is 1.